The number of hydrogen-bond donors (Lipinski definition) is 0. The molecule has 0 bridgehead atoms. The zero-order valence-electron chi connectivity index (χ0n) is 10.6. The number of pyridine rings is 1. The SMILES string of the molecule is Cc1ccn2c(Cc3ccccc3C)nnc2c1. The summed E-state index contributed by atoms with van der Waals surface area (Å²) < 4.78 is 2.06. The summed E-state index contributed by atoms with van der Waals surface area (Å²) in [4.78, 5) is 0. The molecule has 0 radical (unpaired) electrons. The highest BCUT2D eigenvalue weighted by Gasteiger charge is 2.07. The maximum atomic E-state index is 4.29. The monoisotopic (exact) mass is 237 g/mol. The number of aryl methyl sites for hydroxylation is 2. The van der Waals surface area contributed by atoms with Crippen LogP contribution in [0, 0.1) is 13.8 Å². The van der Waals surface area contributed by atoms with Gasteiger partial charge in [-0.05, 0) is 42.7 Å². The molecule has 0 saturated heterocycles. The van der Waals surface area contributed by atoms with Gasteiger partial charge in [0.05, 0.1) is 0 Å². The van der Waals surface area contributed by atoms with Crippen molar-refractivity contribution in [3.63, 3.8) is 0 Å². The zero-order valence-corrected chi connectivity index (χ0v) is 10.6. The molecular weight excluding hydrogens is 222 g/mol. The van der Waals surface area contributed by atoms with Crippen LogP contribution >= 0.6 is 0 Å². The van der Waals surface area contributed by atoms with Gasteiger partial charge in [-0.1, -0.05) is 24.3 Å². The summed E-state index contributed by atoms with van der Waals surface area (Å²) >= 11 is 0. The minimum absolute atomic E-state index is 0.816. The van der Waals surface area contributed by atoms with Crippen LogP contribution in [0.2, 0.25) is 0 Å². The standard InChI is InChI=1S/C15H15N3/c1-11-7-8-18-14(9-11)16-17-15(18)10-13-6-4-3-5-12(13)2/h3-9H,10H2,1-2H3. The Morgan fingerprint density at radius 3 is 2.72 bits per heavy atom. The summed E-state index contributed by atoms with van der Waals surface area (Å²) in [6.07, 6.45) is 2.86. The molecule has 3 nitrogen and oxygen atoms in total. The molecule has 2 heterocycles. The second-order valence-corrected chi connectivity index (χ2v) is 4.65. The van der Waals surface area contributed by atoms with E-state index in [-0.39, 0.29) is 0 Å². The molecule has 0 fully saturated rings. The van der Waals surface area contributed by atoms with Crippen LogP contribution in [0.25, 0.3) is 5.65 Å². The molecule has 18 heavy (non-hydrogen) atoms. The van der Waals surface area contributed by atoms with Gasteiger partial charge in [0, 0.05) is 12.6 Å². The number of fused-ring (bicyclic) bond motifs is 1. The first-order chi connectivity index (χ1) is 8.74. The highest BCUT2D eigenvalue weighted by Crippen LogP contribution is 2.14. The molecule has 0 atom stereocenters. The third-order valence-electron chi connectivity index (χ3n) is 3.25. The second kappa shape index (κ2) is 4.26. The first-order valence-corrected chi connectivity index (χ1v) is 6.09. The molecule has 0 aliphatic rings. The molecule has 2 aromatic heterocycles. The average Bonchev–Trinajstić information content (AvgIpc) is 2.74. The molecule has 90 valence electrons. The lowest BCUT2D eigenvalue weighted by molar-refractivity contribution is 0.928. The van der Waals surface area contributed by atoms with Gasteiger partial charge in [-0.15, -0.1) is 10.2 Å². The highest BCUT2D eigenvalue weighted by molar-refractivity contribution is 5.41. The fourth-order valence-corrected chi connectivity index (χ4v) is 2.14. The topological polar surface area (TPSA) is 30.2 Å². The number of benzene rings is 1. The summed E-state index contributed by atoms with van der Waals surface area (Å²) in [6, 6.07) is 12.5. The Kier molecular flexibility index (Phi) is 2.59. The minimum atomic E-state index is 0.816. The molecule has 0 N–H and O–H groups in total. The van der Waals surface area contributed by atoms with Gasteiger partial charge in [0.25, 0.3) is 0 Å². The Bertz CT molecular complexity index is 698. The van der Waals surface area contributed by atoms with Crippen molar-refractivity contribution in [2.75, 3.05) is 0 Å². The van der Waals surface area contributed by atoms with Crippen molar-refractivity contribution >= 4 is 5.65 Å². The fraction of sp³-hybridized carbons (Fsp3) is 0.200. The van der Waals surface area contributed by atoms with Gasteiger partial charge in [-0.25, -0.2) is 0 Å². The summed E-state index contributed by atoms with van der Waals surface area (Å²) in [5.41, 5.74) is 4.71. The van der Waals surface area contributed by atoms with Gasteiger partial charge >= 0.3 is 0 Å². The highest BCUT2D eigenvalue weighted by atomic mass is 15.2. The van der Waals surface area contributed by atoms with E-state index in [2.05, 4.69) is 58.8 Å². The molecule has 0 spiro atoms. The van der Waals surface area contributed by atoms with Crippen molar-refractivity contribution in [3.8, 4) is 0 Å². The molecule has 0 aliphatic heterocycles. The Labute approximate surface area is 106 Å². The van der Waals surface area contributed by atoms with Gasteiger partial charge in [-0.2, -0.15) is 0 Å². The maximum absolute atomic E-state index is 4.29. The summed E-state index contributed by atoms with van der Waals surface area (Å²) in [5, 5.41) is 8.50. The Balaban J connectivity index is 2.03. The van der Waals surface area contributed by atoms with Crippen LogP contribution in [0.4, 0.5) is 0 Å². The normalized spacial score (nSPS) is 11.0. The molecule has 0 unspecified atom stereocenters. The van der Waals surface area contributed by atoms with E-state index in [1.54, 1.807) is 0 Å². The molecule has 1 aromatic carbocycles. The first kappa shape index (κ1) is 11.0. The summed E-state index contributed by atoms with van der Waals surface area (Å²) in [7, 11) is 0. The van der Waals surface area contributed by atoms with E-state index in [1.165, 1.54) is 16.7 Å². The van der Waals surface area contributed by atoms with Crippen molar-refractivity contribution in [3.05, 3.63) is 65.1 Å². The molecule has 0 saturated carbocycles. The second-order valence-electron chi connectivity index (χ2n) is 4.65. The van der Waals surface area contributed by atoms with Crippen LogP contribution in [0.1, 0.15) is 22.5 Å². The quantitative estimate of drug-likeness (QED) is 0.686. The molecule has 3 aromatic rings. The van der Waals surface area contributed by atoms with Gasteiger partial charge in [-0.3, -0.25) is 4.40 Å². The summed E-state index contributed by atoms with van der Waals surface area (Å²) in [5.74, 6) is 0.985. The summed E-state index contributed by atoms with van der Waals surface area (Å²) in [6.45, 7) is 4.19. The molecule has 0 aliphatic carbocycles. The lowest BCUT2D eigenvalue weighted by Crippen LogP contribution is -1.98. The predicted octanol–water partition coefficient (Wildman–Crippen LogP) is 2.94. The van der Waals surface area contributed by atoms with Crippen molar-refractivity contribution in [2.24, 2.45) is 0 Å². The Morgan fingerprint density at radius 2 is 1.89 bits per heavy atom. The van der Waals surface area contributed by atoms with E-state index in [0.717, 1.165) is 17.9 Å². The van der Waals surface area contributed by atoms with Crippen molar-refractivity contribution in [2.45, 2.75) is 20.3 Å². The van der Waals surface area contributed by atoms with Crippen molar-refractivity contribution < 1.29 is 0 Å². The van der Waals surface area contributed by atoms with Gasteiger partial charge in [0.15, 0.2) is 5.65 Å². The van der Waals surface area contributed by atoms with Crippen LogP contribution < -0.4 is 0 Å². The van der Waals surface area contributed by atoms with Crippen LogP contribution in [-0.4, -0.2) is 14.6 Å². The smallest absolute Gasteiger partial charge is 0.161 e. The zero-order chi connectivity index (χ0) is 12.5. The average molecular weight is 237 g/mol. The number of nitrogens with zero attached hydrogens (tertiary/aromatic N) is 3. The van der Waals surface area contributed by atoms with Gasteiger partial charge in [0.1, 0.15) is 5.82 Å². The van der Waals surface area contributed by atoms with Crippen LogP contribution in [0.15, 0.2) is 42.6 Å². The van der Waals surface area contributed by atoms with Crippen LogP contribution in [0.3, 0.4) is 0 Å². The maximum Gasteiger partial charge on any atom is 0.161 e. The van der Waals surface area contributed by atoms with E-state index < -0.39 is 0 Å². The Morgan fingerprint density at radius 1 is 1.06 bits per heavy atom. The number of aromatic nitrogens is 3. The van der Waals surface area contributed by atoms with E-state index >= 15 is 0 Å². The third kappa shape index (κ3) is 1.88. The van der Waals surface area contributed by atoms with Gasteiger partial charge in [0.2, 0.25) is 0 Å². The van der Waals surface area contributed by atoms with Crippen LogP contribution in [0.5, 0.6) is 0 Å². The fourth-order valence-electron chi connectivity index (χ4n) is 2.14. The largest absolute Gasteiger partial charge is 0.286 e. The molecular formula is C15H15N3. The van der Waals surface area contributed by atoms with E-state index in [9.17, 15) is 0 Å². The molecule has 3 heteroatoms. The number of hydrogen-bond acceptors (Lipinski definition) is 2. The first-order valence-electron chi connectivity index (χ1n) is 6.09. The van der Waals surface area contributed by atoms with Crippen LogP contribution in [-0.2, 0) is 6.42 Å². The number of rotatable bonds is 2. The van der Waals surface area contributed by atoms with E-state index in [4.69, 9.17) is 0 Å². The molecule has 0 amide bonds. The van der Waals surface area contributed by atoms with Crippen molar-refractivity contribution in [1.82, 2.24) is 14.6 Å². The Hall–Kier alpha value is -2.16. The lowest BCUT2D eigenvalue weighted by atomic mass is 10.1. The van der Waals surface area contributed by atoms with Gasteiger partial charge < -0.3 is 0 Å². The lowest BCUT2D eigenvalue weighted by Gasteiger charge is -2.04. The van der Waals surface area contributed by atoms with E-state index in [1.807, 2.05) is 12.3 Å². The van der Waals surface area contributed by atoms with E-state index in [0.29, 0.717) is 0 Å². The minimum Gasteiger partial charge on any atom is -0.286 e. The van der Waals surface area contributed by atoms with Crippen molar-refractivity contribution in [1.29, 1.82) is 0 Å². The molecule has 3 rings (SSSR count). The predicted molar refractivity (Wildman–Crippen MR) is 71.7 cm³/mol. The third-order valence-corrected chi connectivity index (χ3v) is 3.25.